The molecule has 0 aromatic heterocycles. The van der Waals surface area contributed by atoms with Gasteiger partial charge in [0, 0.05) is 37.2 Å². The van der Waals surface area contributed by atoms with Crippen molar-refractivity contribution in [3.63, 3.8) is 0 Å². The normalized spacial score (nSPS) is 27.1. The average molecular weight is 194 g/mol. The van der Waals surface area contributed by atoms with Gasteiger partial charge < -0.3 is 10.6 Å². The maximum absolute atomic E-state index is 11.0. The summed E-state index contributed by atoms with van der Waals surface area (Å²) in [7, 11) is 0. The fraction of sp³-hybridized carbons (Fsp3) is 0.600. The molecule has 1 atom stereocenters. The van der Waals surface area contributed by atoms with Crippen molar-refractivity contribution in [2.75, 3.05) is 6.54 Å². The van der Waals surface area contributed by atoms with Gasteiger partial charge in [0.25, 0.3) is 0 Å². The Morgan fingerprint density at radius 3 is 2.71 bits per heavy atom. The van der Waals surface area contributed by atoms with Crippen LogP contribution in [0.5, 0.6) is 0 Å². The van der Waals surface area contributed by atoms with E-state index in [9.17, 15) is 9.59 Å². The van der Waals surface area contributed by atoms with Crippen molar-refractivity contribution in [3.8, 4) is 0 Å². The summed E-state index contributed by atoms with van der Waals surface area (Å²) in [6, 6.07) is 0.296. The zero-order chi connectivity index (χ0) is 9.97. The summed E-state index contributed by atoms with van der Waals surface area (Å²) in [5.41, 5.74) is 1.02. The van der Waals surface area contributed by atoms with E-state index in [2.05, 4.69) is 10.6 Å². The van der Waals surface area contributed by atoms with Crippen molar-refractivity contribution in [2.45, 2.75) is 31.7 Å². The molecule has 0 aromatic carbocycles. The number of hydrogen-bond acceptors (Lipinski definition) is 3. The van der Waals surface area contributed by atoms with Crippen LogP contribution in [0.25, 0.3) is 0 Å². The van der Waals surface area contributed by atoms with Crippen LogP contribution in [0, 0.1) is 0 Å². The molecule has 1 unspecified atom stereocenters. The second-order valence-electron chi connectivity index (χ2n) is 3.82. The maximum atomic E-state index is 11.0. The number of nitrogens with one attached hydrogen (secondary N) is 2. The highest BCUT2D eigenvalue weighted by Crippen LogP contribution is 2.14. The molecule has 0 spiro atoms. The third kappa shape index (κ3) is 2.13. The second kappa shape index (κ2) is 3.82. The lowest BCUT2D eigenvalue weighted by molar-refractivity contribution is -0.122. The quantitative estimate of drug-likeness (QED) is 0.655. The number of carbonyl (C=O) groups excluding carboxylic acids is 2. The van der Waals surface area contributed by atoms with Crippen LogP contribution in [0.4, 0.5) is 0 Å². The van der Waals surface area contributed by atoms with Crippen LogP contribution in [0.3, 0.4) is 0 Å². The summed E-state index contributed by atoms with van der Waals surface area (Å²) in [5.74, 6) is 0.326. The predicted octanol–water partition coefficient (Wildman–Crippen LogP) is 0.101. The molecule has 1 amide bonds. The third-order valence-electron chi connectivity index (χ3n) is 2.63. The Hall–Kier alpha value is -1.32. The summed E-state index contributed by atoms with van der Waals surface area (Å²) in [6.45, 7) is 0.671. The van der Waals surface area contributed by atoms with E-state index in [0.717, 1.165) is 18.5 Å². The fourth-order valence-electron chi connectivity index (χ4n) is 1.83. The van der Waals surface area contributed by atoms with Crippen molar-refractivity contribution < 1.29 is 9.59 Å². The molecule has 0 radical (unpaired) electrons. The third-order valence-corrected chi connectivity index (χ3v) is 2.63. The smallest absolute Gasteiger partial charge is 0.220 e. The first kappa shape index (κ1) is 9.24. The van der Waals surface area contributed by atoms with Crippen molar-refractivity contribution in [2.24, 2.45) is 0 Å². The monoisotopic (exact) mass is 194 g/mol. The minimum absolute atomic E-state index is 0.125. The molecule has 2 rings (SSSR count). The van der Waals surface area contributed by atoms with Gasteiger partial charge in [-0.15, -0.1) is 0 Å². The van der Waals surface area contributed by atoms with Gasteiger partial charge in [-0.1, -0.05) is 0 Å². The second-order valence-corrected chi connectivity index (χ2v) is 3.82. The van der Waals surface area contributed by atoms with E-state index in [-0.39, 0.29) is 11.7 Å². The minimum Gasteiger partial charge on any atom is -0.384 e. The largest absolute Gasteiger partial charge is 0.384 e. The van der Waals surface area contributed by atoms with Crippen LogP contribution in [0.2, 0.25) is 0 Å². The molecule has 1 fully saturated rings. The maximum Gasteiger partial charge on any atom is 0.220 e. The Morgan fingerprint density at radius 1 is 1.29 bits per heavy atom. The number of piperidine rings is 1. The molecule has 14 heavy (non-hydrogen) atoms. The van der Waals surface area contributed by atoms with E-state index in [0.29, 0.717) is 25.4 Å². The standard InChI is InChI=1S/C10H14N2O2/c13-9-3-1-7(5-9)12-8-2-4-10(14)11-6-8/h5,8,12H,1-4,6H2,(H,11,14). The van der Waals surface area contributed by atoms with Gasteiger partial charge in [0.15, 0.2) is 5.78 Å². The Balaban J connectivity index is 1.83. The Morgan fingerprint density at radius 2 is 2.14 bits per heavy atom. The highest BCUT2D eigenvalue weighted by atomic mass is 16.1. The van der Waals surface area contributed by atoms with Gasteiger partial charge in [-0.2, -0.15) is 0 Å². The van der Waals surface area contributed by atoms with Crippen LogP contribution in [0.1, 0.15) is 25.7 Å². The highest BCUT2D eigenvalue weighted by Gasteiger charge is 2.20. The van der Waals surface area contributed by atoms with Gasteiger partial charge in [0.2, 0.25) is 5.91 Å². The Kier molecular flexibility index (Phi) is 2.52. The van der Waals surface area contributed by atoms with E-state index in [4.69, 9.17) is 0 Å². The first-order chi connectivity index (χ1) is 6.74. The van der Waals surface area contributed by atoms with Crippen LogP contribution < -0.4 is 10.6 Å². The number of carbonyl (C=O) groups is 2. The first-order valence-corrected chi connectivity index (χ1v) is 5.00. The van der Waals surface area contributed by atoms with Crippen molar-refractivity contribution in [1.82, 2.24) is 10.6 Å². The van der Waals surface area contributed by atoms with Crippen molar-refractivity contribution in [1.29, 1.82) is 0 Å². The van der Waals surface area contributed by atoms with Gasteiger partial charge in [-0.25, -0.2) is 0 Å². The van der Waals surface area contributed by atoms with Crippen LogP contribution in [-0.2, 0) is 9.59 Å². The van der Waals surface area contributed by atoms with Crippen LogP contribution in [-0.4, -0.2) is 24.3 Å². The number of hydrogen-bond donors (Lipinski definition) is 2. The molecule has 0 saturated carbocycles. The fourth-order valence-corrected chi connectivity index (χ4v) is 1.83. The molecule has 4 nitrogen and oxygen atoms in total. The lowest BCUT2D eigenvalue weighted by atomic mass is 10.1. The van der Waals surface area contributed by atoms with Crippen LogP contribution >= 0.6 is 0 Å². The Labute approximate surface area is 82.7 Å². The molecule has 4 heteroatoms. The summed E-state index contributed by atoms with van der Waals surface area (Å²) in [6.07, 6.45) is 4.57. The number of rotatable bonds is 2. The van der Waals surface area contributed by atoms with E-state index in [1.165, 1.54) is 0 Å². The van der Waals surface area contributed by atoms with Gasteiger partial charge in [-0.3, -0.25) is 9.59 Å². The Bertz CT molecular complexity index is 286. The summed E-state index contributed by atoms with van der Waals surface area (Å²) >= 11 is 0. The zero-order valence-electron chi connectivity index (χ0n) is 8.01. The lowest BCUT2D eigenvalue weighted by Gasteiger charge is -2.24. The van der Waals surface area contributed by atoms with E-state index >= 15 is 0 Å². The average Bonchev–Trinajstić information content (AvgIpc) is 2.56. The number of ketones is 1. The van der Waals surface area contributed by atoms with Gasteiger partial charge in [0.05, 0.1) is 0 Å². The van der Waals surface area contributed by atoms with E-state index in [1.54, 1.807) is 6.08 Å². The molecule has 1 saturated heterocycles. The first-order valence-electron chi connectivity index (χ1n) is 5.00. The molecule has 0 aromatic rings. The lowest BCUT2D eigenvalue weighted by Crippen LogP contribution is -2.45. The van der Waals surface area contributed by atoms with E-state index in [1.807, 2.05) is 0 Å². The molecule has 1 aliphatic carbocycles. The summed E-state index contributed by atoms with van der Waals surface area (Å²) in [4.78, 5) is 21.9. The molecular formula is C10H14N2O2. The SMILES string of the molecule is O=C1C=C(NC2CCC(=O)NC2)CC1. The molecule has 76 valence electrons. The predicted molar refractivity (Wildman–Crippen MR) is 51.5 cm³/mol. The minimum atomic E-state index is 0.125. The zero-order valence-corrected chi connectivity index (χ0v) is 8.01. The summed E-state index contributed by atoms with van der Waals surface area (Å²) in [5, 5.41) is 6.10. The molecule has 1 heterocycles. The van der Waals surface area contributed by atoms with Crippen molar-refractivity contribution in [3.05, 3.63) is 11.8 Å². The number of amides is 1. The molecular weight excluding hydrogens is 180 g/mol. The summed E-state index contributed by atoms with van der Waals surface area (Å²) < 4.78 is 0. The molecule has 2 aliphatic rings. The van der Waals surface area contributed by atoms with Crippen LogP contribution in [0.15, 0.2) is 11.8 Å². The van der Waals surface area contributed by atoms with Gasteiger partial charge in [-0.05, 0) is 12.8 Å². The van der Waals surface area contributed by atoms with Crippen molar-refractivity contribution >= 4 is 11.7 Å². The molecule has 1 aliphatic heterocycles. The molecule has 2 N–H and O–H groups in total. The van der Waals surface area contributed by atoms with E-state index < -0.39 is 0 Å². The number of allylic oxidation sites excluding steroid dienone is 2. The molecule has 0 bridgehead atoms. The topological polar surface area (TPSA) is 58.2 Å². The van der Waals surface area contributed by atoms with Gasteiger partial charge in [0.1, 0.15) is 0 Å². The highest BCUT2D eigenvalue weighted by molar-refractivity contribution is 5.92. The van der Waals surface area contributed by atoms with Gasteiger partial charge >= 0.3 is 0 Å².